The van der Waals surface area contributed by atoms with Crippen LogP contribution in [0.4, 0.5) is 0 Å². The number of hydrogen-bond donors (Lipinski definition) is 0. The SMILES string of the molecule is COCCN1C(=O)C[C@H]2[C@H]1CCN2Cc1cccc(C#N)c1. The fourth-order valence-corrected chi connectivity index (χ4v) is 3.66. The average molecular weight is 299 g/mol. The molecule has 1 aromatic rings. The molecule has 2 heterocycles. The third kappa shape index (κ3) is 2.85. The molecule has 116 valence electrons. The topological polar surface area (TPSA) is 56.6 Å². The Morgan fingerprint density at radius 3 is 3.05 bits per heavy atom. The lowest BCUT2D eigenvalue weighted by atomic mass is 10.1. The van der Waals surface area contributed by atoms with E-state index in [0.717, 1.165) is 25.1 Å². The number of hydrogen-bond acceptors (Lipinski definition) is 4. The van der Waals surface area contributed by atoms with Crippen molar-refractivity contribution < 1.29 is 9.53 Å². The highest BCUT2D eigenvalue weighted by atomic mass is 16.5. The normalized spacial score (nSPS) is 24.5. The maximum absolute atomic E-state index is 12.2. The van der Waals surface area contributed by atoms with Crippen molar-refractivity contribution in [2.45, 2.75) is 31.5 Å². The Morgan fingerprint density at radius 2 is 2.27 bits per heavy atom. The van der Waals surface area contributed by atoms with E-state index >= 15 is 0 Å². The van der Waals surface area contributed by atoms with Gasteiger partial charge in [0, 0.05) is 45.2 Å². The summed E-state index contributed by atoms with van der Waals surface area (Å²) < 4.78 is 5.11. The van der Waals surface area contributed by atoms with Gasteiger partial charge in [-0.05, 0) is 24.1 Å². The van der Waals surface area contributed by atoms with E-state index in [2.05, 4.69) is 11.0 Å². The number of nitrogens with zero attached hydrogens (tertiary/aromatic N) is 3. The Balaban J connectivity index is 1.68. The van der Waals surface area contributed by atoms with Crippen LogP contribution in [0.5, 0.6) is 0 Å². The van der Waals surface area contributed by atoms with E-state index in [0.29, 0.717) is 37.2 Å². The van der Waals surface area contributed by atoms with Crippen molar-refractivity contribution in [3.8, 4) is 6.07 Å². The summed E-state index contributed by atoms with van der Waals surface area (Å²) in [5.74, 6) is 0.238. The minimum atomic E-state index is 0.238. The van der Waals surface area contributed by atoms with Gasteiger partial charge in [-0.15, -0.1) is 0 Å². The van der Waals surface area contributed by atoms with Crippen LogP contribution in [0.1, 0.15) is 24.0 Å². The molecule has 2 aliphatic rings. The highest BCUT2D eigenvalue weighted by Gasteiger charge is 2.46. The van der Waals surface area contributed by atoms with Crippen LogP contribution in [0.25, 0.3) is 0 Å². The first-order valence-electron chi connectivity index (χ1n) is 7.74. The van der Waals surface area contributed by atoms with Gasteiger partial charge in [-0.3, -0.25) is 9.69 Å². The summed E-state index contributed by atoms with van der Waals surface area (Å²) in [6.07, 6.45) is 1.63. The molecule has 0 aliphatic carbocycles. The molecule has 2 fully saturated rings. The molecule has 5 nitrogen and oxygen atoms in total. The molecule has 0 spiro atoms. The first-order chi connectivity index (χ1) is 10.7. The second-order valence-corrected chi connectivity index (χ2v) is 5.99. The number of nitriles is 1. The number of methoxy groups -OCH3 is 1. The van der Waals surface area contributed by atoms with Gasteiger partial charge in [0.15, 0.2) is 0 Å². The molecule has 22 heavy (non-hydrogen) atoms. The number of rotatable bonds is 5. The smallest absolute Gasteiger partial charge is 0.224 e. The van der Waals surface area contributed by atoms with E-state index in [-0.39, 0.29) is 5.91 Å². The van der Waals surface area contributed by atoms with Gasteiger partial charge in [0.2, 0.25) is 5.91 Å². The Bertz CT molecular complexity index is 596. The van der Waals surface area contributed by atoms with Gasteiger partial charge in [-0.25, -0.2) is 0 Å². The van der Waals surface area contributed by atoms with Crippen LogP contribution in [0.2, 0.25) is 0 Å². The lowest BCUT2D eigenvalue weighted by Gasteiger charge is -2.25. The number of benzene rings is 1. The van der Waals surface area contributed by atoms with Gasteiger partial charge in [0.05, 0.1) is 18.2 Å². The Labute approximate surface area is 131 Å². The van der Waals surface area contributed by atoms with Crippen molar-refractivity contribution in [3.63, 3.8) is 0 Å². The molecule has 0 aromatic heterocycles. The van der Waals surface area contributed by atoms with Crippen LogP contribution >= 0.6 is 0 Å². The molecule has 0 radical (unpaired) electrons. The predicted molar refractivity (Wildman–Crippen MR) is 82.0 cm³/mol. The summed E-state index contributed by atoms with van der Waals surface area (Å²) in [4.78, 5) is 16.6. The van der Waals surface area contributed by atoms with E-state index in [1.807, 2.05) is 29.2 Å². The molecular formula is C17H21N3O2. The van der Waals surface area contributed by atoms with Crippen LogP contribution in [-0.4, -0.2) is 54.6 Å². The number of carbonyl (C=O) groups is 1. The first kappa shape index (κ1) is 15.0. The van der Waals surface area contributed by atoms with E-state index in [9.17, 15) is 4.79 Å². The van der Waals surface area contributed by atoms with Gasteiger partial charge in [-0.1, -0.05) is 12.1 Å². The minimum absolute atomic E-state index is 0.238. The minimum Gasteiger partial charge on any atom is -0.383 e. The zero-order valence-corrected chi connectivity index (χ0v) is 12.9. The molecule has 0 bridgehead atoms. The predicted octanol–water partition coefficient (Wildman–Crippen LogP) is 1.38. The van der Waals surface area contributed by atoms with Crippen molar-refractivity contribution in [1.82, 2.24) is 9.80 Å². The summed E-state index contributed by atoms with van der Waals surface area (Å²) in [6, 6.07) is 10.5. The molecule has 5 heteroatoms. The highest BCUT2D eigenvalue weighted by molar-refractivity contribution is 5.80. The molecule has 1 aromatic carbocycles. The Kier molecular flexibility index (Phi) is 4.41. The number of amides is 1. The van der Waals surface area contributed by atoms with Gasteiger partial charge in [-0.2, -0.15) is 5.26 Å². The lowest BCUT2D eigenvalue weighted by molar-refractivity contribution is -0.129. The highest BCUT2D eigenvalue weighted by Crippen LogP contribution is 2.33. The van der Waals surface area contributed by atoms with Crippen LogP contribution in [0, 0.1) is 11.3 Å². The standard InChI is InChI=1S/C17H21N3O2/c1-22-8-7-20-15-5-6-19(16(15)10-17(20)21)12-14-4-2-3-13(9-14)11-18/h2-4,9,15-16H,5-8,10,12H2,1H3/t15-,16+/m1/s1. The number of ether oxygens (including phenoxy) is 1. The molecule has 0 N–H and O–H groups in total. The summed E-state index contributed by atoms with van der Waals surface area (Å²) in [6.45, 7) is 3.10. The molecule has 2 aliphatic heterocycles. The van der Waals surface area contributed by atoms with Gasteiger partial charge >= 0.3 is 0 Å². The van der Waals surface area contributed by atoms with Crippen molar-refractivity contribution >= 4 is 5.91 Å². The fraction of sp³-hybridized carbons (Fsp3) is 0.529. The van der Waals surface area contributed by atoms with E-state index < -0.39 is 0 Å². The molecular weight excluding hydrogens is 278 g/mol. The third-order valence-electron chi connectivity index (χ3n) is 4.71. The van der Waals surface area contributed by atoms with Crippen LogP contribution in [0.3, 0.4) is 0 Å². The molecule has 0 saturated carbocycles. The first-order valence-corrected chi connectivity index (χ1v) is 7.74. The van der Waals surface area contributed by atoms with Gasteiger partial charge in [0.1, 0.15) is 0 Å². The second kappa shape index (κ2) is 6.47. The Morgan fingerprint density at radius 1 is 1.41 bits per heavy atom. The van der Waals surface area contributed by atoms with E-state index in [1.54, 1.807) is 7.11 Å². The second-order valence-electron chi connectivity index (χ2n) is 5.99. The summed E-state index contributed by atoms with van der Waals surface area (Å²) >= 11 is 0. The zero-order valence-electron chi connectivity index (χ0n) is 12.9. The monoisotopic (exact) mass is 299 g/mol. The largest absolute Gasteiger partial charge is 0.383 e. The number of fused-ring (bicyclic) bond motifs is 1. The fourth-order valence-electron chi connectivity index (χ4n) is 3.66. The van der Waals surface area contributed by atoms with Crippen molar-refractivity contribution in [3.05, 3.63) is 35.4 Å². The van der Waals surface area contributed by atoms with Crippen molar-refractivity contribution in [1.29, 1.82) is 5.26 Å². The third-order valence-corrected chi connectivity index (χ3v) is 4.71. The molecule has 3 rings (SSSR count). The van der Waals surface area contributed by atoms with Crippen molar-refractivity contribution in [2.24, 2.45) is 0 Å². The quantitative estimate of drug-likeness (QED) is 0.824. The average Bonchev–Trinajstić information content (AvgIpc) is 3.05. The van der Waals surface area contributed by atoms with Crippen LogP contribution < -0.4 is 0 Å². The lowest BCUT2D eigenvalue weighted by Crippen LogP contribution is -2.38. The summed E-state index contributed by atoms with van der Waals surface area (Å²) in [7, 11) is 1.67. The number of carbonyl (C=O) groups excluding carboxylic acids is 1. The maximum Gasteiger partial charge on any atom is 0.224 e. The molecule has 2 atom stereocenters. The molecule has 1 amide bonds. The van der Waals surface area contributed by atoms with E-state index in [1.165, 1.54) is 0 Å². The van der Waals surface area contributed by atoms with Crippen LogP contribution in [0.15, 0.2) is 24.3 Å². The van der Waals surface area contributed by atoms with Gasteiger partial charge in [0.25, 0.3) is 0 Å². The van der Waals surface area contributed by atoms with E-state index in [4.69, 9.17) is 10.00 Å². The van der Waals surface area contributed by atoms with Crippen LogP contribution in [-0.2, 0) is 16.1 Å². The summed E-state index contributed by atoms with van der Waals surface area (Å²) in [5, 5.41) is 9.00. The van der Waals surface area contributed by atoms with Gasteiger partial charge < -0.3 is 9.64 Å². The Hall–Kier alpha value is -1.90. The maximum atomic E-state index is 12.2. The number of likely N-dealkylation sites (tertiary alicyclic amines) is 2. The molecule has 2 saturated heterocycles. The zero-order chi connectivity index (χ0) is 15.5. The summed E-state index contributed by atoms with van der Waals surface area (Å²) in [5.41, 5.74) is 1.83. The van der Waals surface area contributed by atoms with Crippen molar-refractivity contribution in [2.75, 3.05) is 26.8 Å². The molecule has 0 unspecified atom stereocenters.